The van der Waals surface area contributed by atoms with E-state index in [0.29, 0.717) is 0 Å². The third kappa shape index (κ3) is 4.37. The number of anilines is 1. The number of nitro benzene ring substituents is 1. The molecule has 0 saturated heterocycles. The van der Waals surface area contributed by atoms with Crippen LogP contribution in [0.2, 0.25) is 0 Å². The standard InChI is InChI=1S/C16H15N3O4/c1-2-23-16(20)13-8-9-14(15(10-13)19(21)22)18-17-11-12-6-4-3-5-7-12/h3-11,18H,2H2,1H3/b17-11-. The van der Waals surface area contributed by atoms with Gasteiger partial charge in [0.25, 0.3) is 5.69 Å². The van der Waals surface area contributed by atoms with Crippen molar-refractivity contribution in [2.24, 2.45) is 5.10 Å². The average molecular weight is 313 g/mol. The zero-order valence-electron chi connectivity index (χ0n) is 12.4. The summed E-state index contributed by atoms with van der Waals surface area (Å²) in [5.41, 5.74) is 3.53. The zero-order chi connectivity index (χ0) is 16.7. The van der Waals surface area contributed by atoms with Gasteiger partial charge >= 0.3 is 5.97 Å². The van der Waals surface area contributed by atoms with E-state index in [1.807, 2.05) is 30.3 Å². The van der Waals surface area contributed by atoms with Gasteiger partial charge in [-0.3, -0.25) is 15.5 Å². The van der Waals surface area contributed by atoms with Gasteiger partial charge in [0.2, 0.25) is 0 Å². The predicted octanol–water partition coefficient (Wildman–Crippen LogP) is 3.22. The maximum atomic E-state index is 11.6. The second-order valence-electron chi connectivity index (χ2n) is 4.49. The van der Waals surface area contributed by atoms with Crippen molar-refractivity contribution in [1.82, 2.24) is 0 Å². The van der Waals surface area contributed by atoms with Gasteiger partial charge < -0.3 is 4.74 Å². The van der Waals surface area contributed by atoms with Crippen LogP contribution in [0, 0.1) is 10.1 Å². The molecule has 7 heteroatoms. The van der Waals surface area contributed by atoms with E-state index in [-0.39, 0.29) is 23.5 Å². The molecule has 1 N–H and O–H groups in total. The van der Waals surface area contributed by atoms with Gasteiger partial charge in [-0.2, -0.15) is 5.10 Å². The van der Waals surface area contributed by atoms with E-state index < -0.39 is 10.9 Å². The summed E-state index contributed by atoms with van der Waals surface area (Å²) < 4.78 is 4.83. The molecule has 2 aromatic rings. The molecule has 0 unspecified atom stereocenters. The molecule has 2 aromatic carbocycles. The number of ether oxygens (including phenoxy) is 1. The third-order valence-electron chi connectivity index (χ3n) is 2.90. The number of carbonyl (C=O) groups is 1. The molecule has 0 radical (unpaired) electrons. The topological polar surface area (TPSA) is 93.8 Å². The van der Waals surface area contributed by atoms with Crippen LogP contribution in [0.3, 0.4) is 0 Å². The maximum Gasteiger partial charge on any atom is 0.338 e. The maximum absolute atomic E-state index is 11.6. The van der Waals surface area contributed by atoms with Crippen LogP contribution in [-0.4, -0.2) is 23.7 Å². The fraction of sp³-hybridized carbons (Fsp3) is 0.125. The van der Waals surface area contributed by atoms with E-state index in [1.54, 1.807) is 13.1 Å². The second kappa shape index (κ2) is 7.69. The normalized spacial score (nSPS) is 10.5. The molecular weight excluding hydrogens is 298 g/mol. The summed E-state index contributed by atoms with van der Waals surface area (Å²) in [6.45, 7) is 1.87. The molecule has 0 heterocycles. The molecule has 0 spiro atoms. The van der Waals surface area contributed by atoms with Gasteiger partial charge in [-0.25, -0.2) is 4.79 Å². The van der Waals surface area contributed by atoms with E-state index in [2.05, 4.69) is 10.5 Å². The molecule has 0 aliphatic heterocycles. The van der Waals surface area contributed by atoms with Crippen LogP contribution >= 0.6 is 0 Å². The third-order valence-corrected chi connectivity index (χ3v) is 2.90. The van der Waals surface area contributed by atoms with E-state index in [1.165, 1.54) is 18.2 Å². The minimum Gasteiger partial charge on any atom is -0.462 e. The van der Waals surface area contributed by atoms with Crippen LogP contribution in [0.15, 0.2) is 53.6 Å². The summed E-state index contributed by atoms with van der Waals surface area (Å²) in [6, 6.07) is 13.3. The largest absolute Gasteiger partial charge is 0.462 e. The molecule has 0 aromatic heterocycles. The van der Waals surface area contributed by atoms with Crippen LogP contribution in [0.5, 0.6) is 0 Å². The number of nitro groups is 1. The van der Waals surface area contributed by atoms with Crippen LogP contribution in [0.25, 0.3) is 0 Å². The highest BCUT2D eigenvalue weighted by molar-refractivity contribution is 5.91. The molecule has 0 bridgehead atoms. The van der Waals surface area contributed by atoms with Crippen LogP contribution < -0.4 is 5.43 Å². The van der Waals surface area contributed by atoms with E-state index >= 15 is 0 Å². The van der Waals surface area contributed by atoms with Gasteiger partial charge in [-0.15, -0.1) is 0 Å². The Morgan fingerprint density at radius 1 is 1.30 bits per heavy atom. The minimum atomic E-state index is -0.602. The highest BCUT2D eigenvalue weighted by atomic mass is 16.6. The number of carbonyl (C=O) groups excluding carboxylic acids is 1. The summed E-state index contributed by atoms with van der Waals surface area (Å²) in [6.07, 6.45) is 1.54. The number of nitrogens with zero attached hydrogens (tertiary/aromatic N) is 2. The summed E-state index contributed by atoms with van der Waals surface area (Å²) in [7, 11) is 0. The average Bonchev–Trinajstić information content (AvgIpc) is 2.56. The molecule has 0 aliphatic rings. The molecule has 0 saturated carbocycles. The van der Waals surface area contributed by atoms with Crippen molar-refractivity contribution in [3.8, 4) is 0 Å². The number of rotatable bonds is 6. The fourth-order valence-corrected chi connectivity index (χ4v) is 1.83. The quantitative estimate of drug-likeness (QED) is 0.382. The monoisotopic (exact) mass is 313 g/mol. The molecule has 23 heavy (non-hydrogen) atoms. The lowest BCUT2D eigenvalue weighted by atomic mass is 10.2. The molecule has 2 rings (SSSR count). The highest BCUT2D eigenvalue weighted by Crippen LogP contribution is 2.26. The van der Waals surface area contributed by atoms with Crippen LogP contribution in [0.4, 0.5) is 11.4 Å². The van der Waals surface area contributed by atoms with Gasteiger partial charge in [0.05, 0.1) is 23.3 Å². The first-order chi connectivity index (χ1) is 11.1. The van der Waals surface area contributed by atoms with Crippen molar-refractivity contribution in [3.63, 3.8) is 0 Å². The highest BCUT2D eigenvalue weighted by Gasteiger charge is 2.17. The first kappa shape index (κ1) is 16.2. The number of benzene rings is 2. The summed E-state index contributed by atoms with van der Waals surface area (Å²) in [5.74, 6) is -0.602. The summed E-state index contributed by atoms with van der Waals surface area (Å²) >= 11 is 0. The molecule has 0 aliphatic carbocycles. The first-order valence-electron chi connectivity index (χ1n) is 6.91. The molecular formula is C16H15N3O4. The lowest BCUT2D eigenvalue weighted by Gasteiger charge is -2.05. The van der Waals surface area contributed by atoms with Crippen LogP contribution in [-0.2, 0) is 4.74 Å². The first-order valence-corrected chi connectivity index (χ1v) is 6.91. The Labute approximate surface area is 132 Å². The Kier molecular flexibility index (Phi) is 5.40. The summed E-state index contributed by atoms with van der Waals surface area (Å²) in [5, 5.41) is 15.1. The van der Waals surface area contributed by atoms with Gasteiger partial charge in [0.15, 0.2) is 0 Å². The number of nitrogens with one attached hydrogen (secondary N) is 1. The van der Waals surface area contributed by atoms with Crippen molar-refractivity contribution >= 4 is 23.6 Å². The van der Waals surface area contributed by atoms with Crippen molar-refractivity contribution in [1.29, 1.82) is 0 Å². The number of hydrazone groups is 1. The van der Waals surface area contributed by atoms with Crippen molar-refractivity contribution in [3.05, 3.63) is 69.8 Å². The minimum absolute atomic E-state index is 0.121. The van der Waals surface area contributed by atoms with Crippen molar-refractivity contribution < 1.29 is 14.5 Å². The van der Waals surface area contributed by atoms with Crippen LogP contribution in [0.1, 0.15) is 22.8 Å². The molecule has 7 nitrogen and oxygen atoms in total. The van der Waals surface area contributed by atoms with Gasteiger partial charge in [0.1, 0.15) is 5.69 Å². The van der Waals surface area contributed by atoms with Gasteiger partial charge in [-0.05, 0) is 24.6 Å². The molecule has 0 amide bonds. The Balaban J connectivity index is 2.19. The van der Waals surface area contributed by atoms with Crippen molar-refractivity contribution in [2.75, 3.05) is 12.0 Å². The Hall–Kier alpha value is -3.22. The Morgan fingerprint density at radius 3 is 2.70 bits per heavy atom. The SMILES string of the molecule is CCOC(=O)c1ccc(N/N=C\c2ccccc2)c([N+](=O)[O-])c1. The predicted molar refractivity (Wildman–Crippen MR) is 86.7 cm³/mol. The van der Waals surface area contributed by atoms with Gasteiger partial charge in [-0.1, -0.05) is 30.3 Å². The molecule has 118 valence electrons. The zero-order valence-corrected chi connectivity index (χ0v) is 12.4. The Morgan fingerprint density at radius 2 is 2.04 bits per heavy atom. The van der Waals surface area contributed by atoms with E-state index in [9.17, 15) is 14.9 Å². The Bertz CT molecular complexity index is 729. The van der Waals surface area contributed by atoms with E-state index in [0.717, 1.165) is 5.56 Å². The van der Waals surface area contributed by atoms with E-state index in [4.69, 9.17) is 4.74 Å². The fourth-order valence-electron chi connectivity index (χ4n) is 1.83. The number of esters is 1. The summed E-state index contributed by atoms with van der Waals surface area (Å²) in [4.78, 5) is 22.2. The van der Waals surface area contributed by atoms with Gasteiger partial charge in [0, 0.05) is 6.07 Å². The molecule has 0 atom stereocenters. The number of hydrogen-bond donors (Lipinski definition) is 1. The second-order valence-corrected chi connectivity index (χ2v) is 4.49. The smallest absolute Gasteiger partial charge is 0.338 e. The van der Waals surface area contributed by atoms with Crippen molar-refractivity contribution in [2.45, 2.75) is 6.92 Å². The lowest BCUT2D eigenvalue weighted by Crippen LogP contribution is -2.06. The number of hydrogen-bond acceptors (Lipinski definition) is 6. The lowest BCUT2D eigenvalue weighted by molar-refractivity contribution is -0.384. The molecule has 0 fully saturated rings.